The second-order valence-corrected chi connectivity index (χ2v) is 7.65. The van der Waals surface area contributed by atoms with E-state index in [-0.39, 0.29) is 5.91 Å². The number of ether oxygens (including phenoxy) is 1. The molecule has 0 radical (unpaired) electrons. The number of hydrogen-bond acceptors (Lipinski definition) is 5. The normalized spacial score (nSPS) is 15.0. The van der Waals surface area contributed by atoms with Crippen LogP contribution in [0.4, 0.5) is 5.13 Å². The van der Waals surface area contributed by atoms with E-state index in [1.54, 1.807) is 13.2 Å². The van der Waals surface area contributed by atoms with Gasteiger partial charge in [-0.2, -0.15) is 0 Å². The molecule has 0 atom stereocenters. The molecule has 1 amide bonds. The van der Waals surface area contributed by atoms with Gasteiger partial charge in [0.05, 0.1) is 12.8 Å². The lowest BCUT2D eigenvalue weighted by molar-refractivity contribution is 0.102. The van der Waals surface area contributed by atoms with Gasteiger partial charge in [0.25, 0.3) is 5.91 Å². The number of methoxy groups -OCH3 is 1. The van der Waals surface area contributed by atoms with E-state index in [1.807, 2.05) is 35.7 Å². The van der Waals surface area contributed by atoms with Crippen molar-refractivity contribution >= 4 is 33.1 Å². The standard InChI is InChI=1S/C21H23N3O2S/c1-26-19-10-9-18(16-7-3-4-8-17(16)19)20(25)23-21-22-15(14-27-21)13-24-11-5-2-6-12-24/h3-4,7-10,14H,2,5-6,11-13H2,1H3,(H,22,23,25). The summed E-state index contributed by atoms with van der Waals surface area (Å²) in [4.78, 5) is 19.9. The van der Waals surface area contributed by atoms with Gasteiger partial charge in [-0.3, -0.25) is 15.0 Å². The third-order valence-electron chi connectivity index (χ3n) is 4.96. The van der Waals surface area contributed by atoms with Crippen LogP contribution in [0.3, 0.4) is 0 Å². The maximum atomic E-state index is 12.8. The summed E-state index contributed by atoms with van der Waals surface area (Å²) < 4.78 is 5.41. The number of carbonyl (C=O) groups excluding carboxylic acids is 1. The minimum Gasteiger partial charge on any atom is -0.496 e. The SMILES string of the molecule is COc1ccc(C(=O)Nc2nc(CN3CCCCC3)cs2)c2ccccc12. The highest BCUT2D eigenvalue weighted by atomic mass is 32.1. The van der Waals surface area contributed by atoms with Crippen LogP contribution < -0.4 is 10.1 Å². The molecule has 1 saturated heterocycles. The number of hydrogen-bond donors (Lipinski definition) is 1. The molecule has 0 spiro atoms. The first-order valence-electron chi connectivity index (χ1n) is 9.28. The fourth-order valence-electron chi connectivity index (χ4n) is 3.60. The van der Waals surface area contributed by atoms with Gasteiger partial charge in [0.2, 0.25) is 0 Å². The van der Waals surface area contributed by atoms with Crippen molar-refractivity contribution in [1.82, 2.24) is 9.88 Å². The molecule has 27 heavy (non-hydrogen) atoms. The average Bonchev–Trinajstić information content (AvgIpc) is 3.14. The number of aromatic nitrogens is 1. The van der Waals surface area contributed by atoms with Gasteiger partial charge in [0.1, 0.15) is 5.75 Å². The van der Waals surface area contributed by atoms with Crippen LogP contribution in [0.2, 0.25) is 0 Å². The number of fused-ring (bicyclic) bond motifs is 1. The molecule has 3 aromatic rings. The summed E-state index contributed by atoms with van der Waals surface area (Å²) in [6.45, 7) is 3.13. The molecule has 2 heterocycles. The first kappa shape index (κ1) is 17.9. The van der Waals surface area contributed by atoms with Crippen LogP contribution in [-0.4, -0.2) is 36.0 Å². The van der Waals surface area contributed by atoms with E-state index in [9.17, 15) is 4.79 Å². The van der Waals surface area contributed by atoms with Crippen LogP contribution in [0.1, 0.15) is 35.3 Å². The van der Waals surface area contributed by atoms with E-state index in [0.29, 0.717) is 10.7 Å². The van der Waals surface area contributed by atoms with E-state index >= 15 is 0 Å². The second-order valence-electron chi connectivity index (χ2n) is 6.80. The molecule has 140 valence electrons. The van der Waals surface area contributed by atoms with E-state index < -0.39 is 0 Å². The van der Waals surface area contributed by atoms with Crippen molar-refractivity contribution in [3.8, 4) is 5.75 Å². The van der Waals surface area contributed by atoms with Gasteiger partial charge >= 0.3 is 0 Å². The van der Waals surface area contributed by atoms with E-state index in [4.69, 9.17) is 4.74 Å². The summed E-state index contributed by atoms with van der Waals surface area (Å²) in [5.41, 5.74) is 1.65. The molecule has 1 aromatic heterocycles. The zero-order chi connectivity index (χ0) is 18.6. The Morgan fingerprint density at radius 3 is 2.70 bits per heavy atom. The molecule has 0 saturated carbocycles. The van der Waals surface area contributed by atoms with Crippen LogP contribution in [-0.2, 0) is 6.54 Å². The fourth-order valence-corrected chi connectivity index (χ4v) is 4.29. The zero-order valence-electron chi connectivity index (χ0n) is 15.4. The number of anilines is 1. The summed E-state index contributed by atoms with van der Waals surface area (Å²) in [7, 11) is 1.64. The number of amides is 1. The highest BCUT2D eigenvalue weighted by molar-refractivity contribution is 7.14. The third kappa shape index (κ3) is 3.96. The predicted molar refractivity (Wildman–Crippen MR) is 110 cm³/mol. The number of nitrogens with zero attached hydrogens (tertiary/aromatic N) is 2. The predicted octanol–water partition coefficient (Wildman–Crippen LogP) is 4.54. The maximum Gasteiger partial charge on any atom is 0.258 e. The Balaban J connectivity index is 1.50. The Kier molecular flexibility index (Phi) is 5.36. The monoisotopic (exact) mass is 381 g/mol. The number of rotatable bonds is 5. The topological polar surface area (TPSA) is 54.5 Å². The molecule has 0 aliphatic carbocycles. The molecule has 1 aliphatic rings. The summed E-state index contributed by atoms with van der Waals surface area (Å²) in [5.74, 6) is 0.618. The summed E-state index contributed by atoms with van der Waals surface area (Å²) in [6, 6.07) is 11.4. The minimum absolute atomic E-state index is 0.146. The van der Waals surface area contributed by atoms with Crippen molar-refractivity contribution < 1.29 is 9.53 Å². The molecule has 1 aliphatic heterocycles. The number of thiazole rings is 1. The average molecular weight is 382 g/mol. The first-order chi connectivity index (χ1) is 13.2. The quantitative estimate of drug-likeness (QED) is 0.705. The van der Waals surface area contributed by atoms with Gasteiger partial charge in [0, 0.05) is 22.9 Å². The number of piperidine rings is 1. The van der Waals surface area contributed by atoms with Gasteiger partial charge in [-0.1, -0.05) is 30.7 Å². The lowest BCUT2D eigenvalue weighted by atomic mass is 10.0. The highest BCUT2D eigenvalue weighted by Crippen LogP contribution is 2.29. The maximum absolute atomic E-state index is 12.8. The largest absolute Gasteiger partial charge is 0.496 e. The molecular weight excluding hydrogens is 358 g/mol. The Labute approximate surface area is 163 Å². The number of likely N-dealkylation sites (tertiary alicyclic amines) is 1. The van der Waals surface area contributed by atoms with Crippen LogP contribution in [0.5, 0.6) is 5.75 Å². The lowest BCUT2D eigenvalue weighted by Gasteiger charge is -2.25. The van der Waals surface area contributed by atoms with Gasteiger partial charge in [-0.15, -0.1) is 11.3 Å². The van der Waals surface area contributed by atoms with Crippen molar-refractivity contribution in [1.29, 1.82) is 0 Å². The molecule has 6 heteroatoms. The number of benzene rings is 2. The van der Waals surface area contributed by atoms with Gasteiger partial charge < -0.3 is 4.74 Å². The fraction of sp³-hybridized carbons (Fsp3) is 0.333. The van der Waals surface area contributed by atoms with Crippen molar-refractivity contribution in [3.63, 3.8) is 0 Å². The summed E-state index contributed by atoms with van der Waals surface area (Å²) in [6.07, 6.45) is 3.85. The summed E-state index contributed by atoms with van der Waals surface area (Å²) >= 11 is 1.48. The van der Waals surface area contributed by atoms with Crippen molar-refractivity contribution in [2.24, 2.45) is 0 Å². The number of nitrogens with one attached hydrogen (secondary N) is 1. The van der Waals surface area contributed by atoms with Crippen LogP contribution >= 0.6 is 11.3 Å². The molecule has 0 bridgehead atoms. The Morgan fingerprint density at radius 2 is 1.93 bits per heavy atom. The van der Waals surface area contributed by atoms with Gasteiger partial charge in [-0.05, 0) is 43.5 Å². The molecule has 1 N–H and O–H groups in total. The smallest absolute Gasteiger partial charge is 0.258 e. The summed E-state index contributed by atoms with van der Waals surface area (Å²) in [5, 5.41) is 7.44. The third-order valence-corrected chi connectivity index (χ3v) is 5.76. The Morgan fingerprint density at radius 1 is 1.15 bits per heavy atom. The van der Waals surface area contributed by atoms with Crippen LogP contribution in [0, 0.1) is 0 Å². The minimum atomic E-state index is -0.146. The first-order valence-corrected chi connectivity index (χ1v) is 10.2. The van der Waals surface area contributed by atoms with E-state index in [1.165, 1.54) is 30.6 Å². The number of carbonyl (C=O) groups is 1. The van der Waals surface area contributed by atoms with Gasteiger partial charge in [0.15, 0.2) is 5.13 Å². The van der Waals surface area contributed by atoms with Crippen molar-refractivity contribution in [2.75, 3.05) is 25.5 Å². The van der Waals surface area contributed by atoms with Gasteiger partial charge in [-0.25, -0.2) is 4.98 Å². The molecule has 4 rings (SSSR count). The molecule has 5 nitrogen and oxygen atoms in total. The Hall–Kier alpha value is -2.44. The lowest BCUT2D eigenvalue weighted by Crippen LogP contribution is -2.29. The second kappa shape index (κ2) is 8.06. The molecule has 1 fully saturated rings. The van der Waals surface area contributed by atoms with E-state index in [0.717, 1.165) is 41.9 Å². The van der Waals surface area contributed by atoms with Crippen LogP contribution in [0.25, 0.3) is 10.8 Å². The molecule has 0 unspecified atom stereocenters. The Bertz CT molecular complexity index is 948. The zero-order valence-corrected chi connectivity index (χ0v) is 16.2. The van der Waals surface area contributed by atoms with Crippen molar-refractivity contribution in [3.05, 3.63) is 53.0 Å². The molecule has 2 aromatic carbocycles. The highest BCUT2D eigenvalue weighted by Gasteiger charge is 2.16. The van der Waals surface area contributed by atoms with Crippen LogP contribution in [0.15, 0.2) is 41.8 Å². The molecular formula is C21H23N3O2S. The van der Waals surface area contributed by atoms with E-state index in [2.05, 4.69) is 15.2 Å². The van der Waals surface area contributed by atoms with Crippen molar-refractivity contribution in [2.45, 2.75) is 25.8 Å².